The van der Waals surface area contributed by atoms with Crippen molar-refractivity contribution in [3.8, 4) is 0 Å². The van der Waals surface area contributed by atoms with Crippen LogP contribution in [0.4, 0.5) is 0 Å². The predicted octanol–water partition coefficient (Wildman–Crippen LogP) is 0.403. The Balaban J connectivity index is 2.05. The van der Waals surface area contributed by atoms with E-state index < -0.39 is 0 Å². The molecule has 2 rings (SSSR count). The lowest BCUT2D eigenvalue weighted by molar-refractivity contribution is -0.146. The second-order valence-electron chi connectivity index (χ2n) is 4.25. The standard InChI is InChI=1S/C11H15N3O4/c1-7-12-9(13-18-7)10(15)14-5-3-4-8(6-14)11(16)17-2/h8H,3-6H2,1-2H3/t8-/m0/s1. The first kappa shape index (κ1) is 12.5. The minimum Gasteiger partial charge on any atom is -0.469 e. The number of aromatic nitrogens is 2. The molecule has 1 aromatic heterocycles. The van der Waals surface area contributed by atoms with Gasteiger partial charge >= 0.3 is 5.97 Å². The third-order valence-electron chi connectivity index (χ3n) is 2.96. The van der Waals surface area contributed by atoms with Crippen molar-refractivity contribution in [2.75, 3.05) is 20.2 Å². The van der Waals surface area contributed by atoms with Crippen molar-refractivity contribution in [3.05, 3.63) is 11.7 Å². The molecule has 0 bridgehead atoms. The number of ether oxygens (including phenoxy) is 1. The molecule has 1 fully saturated rings. The number of amides is 1. The van der Waals surface area contributed by atoms with Gasteiger partial charge in [-0.3, -0.25) is 9.59 Å². The molecule has 0 unspecified atom stereocenters. The van der Waals surface area contributed by atoms with Crippen LogP contribution in [0.3, 0.4) is 0 Å². The molecule has 1 amide bonds. The Morgan fingerprint density at radius 3 is 2.89 bits per heavy atom. The molecule has 1 saturated heterocycles. The van der Waals surface area contributed by atoms with Gasteiger partial charge in [0.15, 0.2) is 0 Å². The monoisotopic (exact) mass is 253 g/mol. The van der Waals surface area contributed by atoms with E-state index in [2.05, 4.69) is 10.1 Å². The molecule has 0 radical (unpaired) electrons. The van der Waals surface area contributed by atoms with Gasteiger partial charge in [-0.25, -0.2) is 0 Å². The molecular weight excluding hydrogens is 238 g/mol. The maximum absolute atomic E-state index is 12.1. The molecule has 18 heavy (non-hydrogen) atoms. The van der Waals surface area contributed by atoms with E-state index in [0.717, 1.165) is 12.8 Å². The lowest BCUT2D eigenvalue weighted by Crippen LogP contribution is -2.43. The fourth-order valence-corrected chi connectivity index (χ4v) is 2.05. The predicted molar refractivity (Wildman–Crippen MR) is 59.7 cm³/mol. The summed E-state index contributed by atoms with van der Waals surface area (Å²) in [7, 11) is 1.35. The van der Waals surface area contributed by atoms with Crippen LogP contribution in [0.1, 0.15) is 29.4 Å². The molecule has 1 aliphatic rings. The lowest BCUT2D eigenvalue weighted by Gasteiger charge is -2.30. The molecule has 0 spiro atoms. The summed E-state index contributed by atoms with van der Waals surface area (Å²) in [4.78, 5) is 29.0. The summed E-state index contributed by atoms with van der Waals surface area (Å²) in [5, 5.41) is 3.59. The highest BCUT2D eigenvalue weighted by Gasteiger charge is 2.31. The van der Waals surface area contributed by atoms with Crippen molar-refractivity contribution < 1.29 is 18.8 Å². The number of nitrogens with zero attached hydrogens (tertiary/aromatic N) is 3. The second kappa shape index (κ2) is 5.16. The number of aryl methyl sites for hydroxylation is 1. The van der Waals surface area contributed by atoms with Gasteiger partial charge in [0.25, 0.3) is 11.7 Å². The SMILES string of the molecule is COC(=O)[C@H]1CCCN(C(=O)c2noc(C)n2)C1. The molecule has 0 saturated carbocycles. The maximum atomic E-state index is 12.1. The molecule has 1 aliphatic heterocycles. The number of hydrogen-bond donors (Lipinski definition) is 0. The quantitative estimate of drug-likeness (QED) is 0.709. The number of esters is 1. The minimum absolute atomic E-state index is 0.0398. The highest BCUT2D eigenvalue weighted by atomic mass is 16.5. The van der Waals surface area contributed by atoms with Gasteiger partial charge in [-0.2, -0.15) is 4.98 Å². The Kier molecular flexibility index (Phi) is 3.59. The molecule has 2 heterocycles. The molecule has 7 nitrogen and oxygen atoms in total. The summed E-state index contributed by atoms with van der Waals surface area (Å²) in [6.07, 6.45) is 1.50. The first-order chi connectivity index (χ1) is 8.61. The van der Waals surface area contributed by atoms with E-state index in [1.165, 1.54) is 7.11 Å². The van der Waals surface area contributed by atoms with Gasteiger partial charge in [0.2, 0.25) is 5.89 Å². The van der Waals surface area contributed by atoms with Crippen LogP contribution in [0.15, 0.2) is 4.52 Å². The fourth-order valence-electron chi connectivity index (χ4n) is 2.05. The van der Waals surface area contributed by atoms with Crippen molar-refractivity contribution >= 4 is 11.9 Å². The highest BCUT2D eigenvalue weighted by molar-refractivity contribution is 5.90. The number of likely N-dealkylation sites (tertiary alicyclic amines) is 1. The molecule has 0 aromatic carbocycles. The van der Waals surface area contributed by atoms with Gasteiger partial charge in [0, 0.05) is 20.0 Å². The Hall–Kier alpha value is -1.92. The number of methoxy groups -OCH3 is 1. The van der Waals surface area contributed by atoms with Crippen LogP contribution in [0.5, 0.6) is 0 Å². The molecule has 7 heteroatoms. The van der Waals surface area contributed by atoms with Gasteiger partial charge < -0.3 is 14.2 Å². The summed E-state index contributed by atoms with van der Waals surface area (Å²) in [6, 6.07) is 0. The lowest BCUT2D eigenvalue weighted by atomic mass is 9.98. The number of rotatable bonds is 2. The molecule has 98 valence electrons. The summed E-state index contributed by atoms with van der Waals surface area (Å²) in [5.74, 6) is -0.462. The third-order valence-corrected chi connectivity index (χ3v) is 2.96. The summed E-state index contributed by atoms with van der Waals surface area (Å²) >= 11 is 0. The zero-order valence-electron chi connectivity index (χ0n) is 10.4. The molecule has 0 N–H and O–H groups in total. The van der Waals surface area contributed by atoms with Crippen molar-refractivity contribution in [1.29, 1.82) is 0 Å². The van der Waals surface area contributed by atoms with E-state index in [4.69, 9.17) is 9.26 Å². The van der Waals surface area contributed by atoms with Gasteiger partial charge in [0.1, 0.15) is 0 Å². The largest absolute Gasteiger partial charge is 0.469 e. The van der Waals surface area contributed by atoms with Gasteiger partial charge in [-0.05, 0) is 12.8 Å². The van der Waals surface area contributed by atoms with E-state index in [-0.39, 0.29) is 23.6 Å². The molecule has 1 aromatic rings. The van der Waals surface area contributed by atoms with E-state index >= 15 is 0 Å². The molecular formula is C11H15N3O4. The van der Waals surface area contributed by atoms with Crippen molar-refractivity contribution in [2.24, 2.45) is 5.92 Å². The topological polar surface area (TPSA) is 85.5 Å². The van der Waals surface area contributed by atoms with E-state index in [1.807, 2.05) is 0 Å². The number of carbonyl (C=O) groups is 2. The van der Waals surface area contributed by atoms with Gasteiger partial charge in [-0.15, -0.1) is 0 Å². The Morgan fingerprint density at radius 1 is 1.50 bits per heavy atom. The second-order valence-corrected chi connectivity index (χ2v) is 4.25. The average molecular weight is 253 g/mol. The Morgan fingerprint density at radius 2 is 2.28 bits per heavy atom. The first-order valence-electron chi connectivity index (χ1n) is 5.79. The smallest absolute Gasteiger partial charge is 0.310 e. The van der Waals surface area contributed by atoms with Crippen LogP contribution in [-0.4, -0.2) is 47.1 Å². The van der Waals surface area contributed by atoms with Crippen molar-refractivity contribution in [1.82, 2.24) is 15.0 Å². The van der Waals surface area contributed by atoms with Crippen molar-refractivity contribution in [2.45, 2.75) is 19.8 Å². The summed E-state index contributed by atoms with van der Waals surface area (Å²) < 4.78 is 9.47. The molecule has 1 atom stereocenters. The average Bonchev–Trinajstić information content (AvgIpc) is 2.83. The van der Waals surface area contributed by atoms with Crippen LogP contribution < -0.4 is 0 Å². The van der Waals surface area contributed by atoms with Gasteiger partial charge in [0.05, 0.1) is 13.0 Å². The fraction of sp³-hybridized carbons (Fsp3) is 0.636. The van der Waals surface area contributed by atoms with Crippen LogP contribution in [-0.2, 0) is 9.53 Å². The van der Waals surface area contributed by atoms with Crippen LogP contribution in [0, 0.1) is 12.8 Å². The van der Waals surface area contributed by atoms with Crippen LogP contribution >= 0.6 is 0 Å². The molecule has 0 aliphatic carbocycles. The van der Waals surface area contributed by atoms with E-state index in [0.29, 0.717) is 19.0 Å². The van der Waals surface area contributed by atoms with Gasteiger partial charge in [-0.1, -0.05) is 5.16 Å². The van der Waals surface area contributed by atoms with E-state index in [9.17, 15) is 9.59 Å². The number of piperidine rings is 1. The number of carbonyl (C=O) groups excluding carboxylic acids is 2. The maximum Gasteiger partial charge on any atom is 0.310 e. The minimum atomic E-state index is -0.305. The van der Waals surface area contributed by atoms with Crippen molar-refractivity contribution in [3.63, 3.8) is 0 Å². The zero-order chi connectivity index (χ0) is 13.1. The number of hydrogen-bond acceptors (Lipinski definition) is 6. The van der Waals surface area contributed by atoms with E-state index in [1.54, 1.807) is 11.8 Å². The first-order valence-corrected chi connectivity index (χ1v) is 5.79. The zero-order valence-corrected chi connectivity index (χ0v) is 10.4. The summed E-state index contributed by atoms with van der Waals surface area (Å²) in [5.41, 5.74) is 0. The highest BCUT2D eigenvalue weighted by Crippen LogP contribution is 2.19. The third kappa shape index (κ3) is 2.49. The Bertz CT molecular complexity index is 457. The Labute approximate surface area is 104 Å². The van der Waals surface area contributed by atoms with Crippen LogP contribution in [0.25, 0.3) is 0 Å². The van der Waals surface area contributed by atoms with Crippen LogP contribution in [0.2, 0.25) is 0 Å². The summed E-state index contributed by atoms with van der Waals surface area (Å²) in [6.45, 7) is 2.57. The normalized spacial score (nSPS) is 19.7.